The molecule has 2 nitrogen and oxygen atoms in total. The number of nitriles is 1. The SMILES string of the molecule is N#CC(CNc1cc(C(F)(F)F)ccc1Cl)C(F)(F)F. The Morgan fingerprint density at radius 2 is 1.80 bits per heavy atom. The second kappa shape index (κ2) is 5.79. The predicted molar refractivity (Wildman–Crippen MR) is 60.1 cm³/mol. The minimum Gasteiger partial charge on any atom is -0.382 e. The van der Waals surface area contributed by atoms with Crippen molar-refractivity contribution in [2.24, 2.45) is 5.92 Å². The Balaban J connectivity index is 2.91. The Kier molecular flexibility index (Phi) is 4.76. The molecule has 0 aliphatic rings. The Bertz CT molecular complexity index is 517. The first-order valence-corrected chi connectivity index (χ1v) is 5.50. The van der Waals surface area contributed by atoms with E-state index < -0.39 is 30.4 Å². The first kappa shape index (κ1) is 16.4. The lowest BCUT2D eigenvalue weighted by Gasteiger charge is -2.16. The van der Waals surface area contributed by atoms with Crippen LogP contribution in [0, 0.1) is 17.2 Å². The number of hydrogen-bond donors (Lipinski definition) is 1. The molecule has 0 fully saturated rings. The predicted octanol–water partition coefficient (Wildman–Crippen LogP) is 4.47. The first-order valence-electron chi connectivity index (χ1n) is 5.12. The summed E-state index contributed by atoms with van der Waals surface area (Å²) in [5.74, 6) is -2.34. The Morgan fingerprint density at radius 1 is 1.20 bits per heavy atom. The Morgan fingerprint density at radius 3 is 2.25 bits per heavy atom. The highest BCUT2D eigenvalue weighted by Crippen LogP contribution is 2.34. The summed E-state index contributed by atoms with van der Waals surface area (Å²) in [4.78, 5) is 0. The van der Waals surface area contributed by atoms with Gasteiger partial charge in [0.05, 0.1) is 22.3 Å². The molecule has 9 heteroatoms. The second-order valence-electron chi connectivity index (χ2n) is 3.80. The van der Waals surface area contributed by atoms with Gasteiger partial charge in [-0.25, -0.2) is 0 Å². The molecular weight excluding hydrogens is 310 g/mol. The smallest absolute Gasteiger partial charge is 0.382 e. The molecular formula is C11H7ClF6N2. The summed E-state index contributed by atoms with van der Waals surface area (Å²) in [5, 5.41) is 10.3. The van der Waals surface area contributed by atoms with Crippen LogP contribution in [0.3, 0.4) is 0 Å². The van der Waals surface area contributed by atoms with Crippen LogP contribution in [0.4, 0.5) is 32.0 Å². The van der Waals surface area contributed by atoms with Crippen molar-refractivity contribution in [1.82, 2.24) is 0 Å². The van der Waals surface area contributed by atoms with Gasteiger partial charge in [0.25, 0.3) is 0 Å². The highest BCUT2D eigenvalue weighted by atomic mass is 35.5. The van der Waals surface area contributed by atoms with Crippen molar-refractivity contribution in [3.63, 3.8) is 0 Å². The molecule has 1 aromatic carbocycles. The number of nitrogens with zero attached hydrogens (tertiary/aromatic N) is 1. The molecule has 0 aromatic heterocycles. The van der Waals surface area contributed by atoms with Crippen molar-refractivity contribution in [1.29, 1.82) is 5.26 Å². The van der Waals surface area contributed by atoms with E-state index in [4.69, 9.17) is 16.9 Å². The number of rotatable bonds is 3. The lowest BCUT2D eigenvalue weighted by molar-refractivity contribution is -0.155. The normalized spacial score (nSPS) is 13.7. The Hall–Kier alpha value is -1.62. The fraction of sp³-hybridized carbons (Fsp3) is 0.364. The fourth-order valence-corrected chi connectivity index (χ4v) is 1.47. The van der Waals surface area contributed by atoms with Gasteiger partial charge >= 0.3 is 12.4 Å². The van der Waals surface area contributed by atoms with Crippen LogP contribution in [-0.4, -0.2) is 12.7 Å². The zero-order valence-corrected chi connectivity index (χ0v) is 10.4. The van der Waals surface area contributed by atoms with Crippen LogP contribution >= 0.6 is 11.6 Å². The van der Waals surface area contributed by atoms with E-state index in [0.29, 0.717) is 12.1 Å². The number of nitrogens with one attached hydrogen (secondary N) is 1. The number of anilines is 1. The molecule has 0 amide bonds. The topological polar surface area (TPSA) is 35.8 Å². The molecule has 1 aromatic rings. The Labute approximate surface area is 114 Å². The van der Waals surface area contributed by atoms with Gasteiger partial charge in [-0.2, -0.15) is 31.6 Å². The first-order chi connectivity index (χ1) is 9.05. The number of benzene rings is 1. The zero-order chi connectivity index (χ0) is 15.6. The van der Waals surface area contributed by atoms with Gasteiger partial charge in [0.2, 0.25) is 0 Å². The summed E-state index contributed by atoms with van der Waals surface area (Å²) in [6, 6.07) is 3.24. The molecule has 0 heterocycles. The molecule has 0 bridgehead atoms. The third kappa shape index (κ3) is 4.20. The van der Waals surface area contributed by atoms with Gasteiger partial charge in [0.15, 0.2) is 5.92 Å². The molecule has 0 spiro atoms. The molecule has 20 heavy (non-hydrogen) atoms. The van der Waals surface area contributed by atoms with E-state index >= 15 is 0 Å². The lowest BCUT2D eigenvalue weighted by atomic mass is 10.1. The van der Waals surface area contributed by atoms with Gasteiger partial charge in [-0.05, 0) is 18.2 Å². The number of alkyl halides is 6. The van der Waals surface area contributed by atoms with Crippen LogP contribution in [0.1, 0.15) is 5.56 Å². The fourth-order valence-electron chi connectivity index (χ4n) is 1.28. The van der Waals surface area contributed by atoms with E-state index in [1.807, 2.05) is 0 Å². The maximum absolute atomic E-state index is 12.5. The van der Waals surface area contributed by atoms with Gasteiger partial charge in [-0.15, -0.1) is 0 Å². The van der Waals surface area contributed by atoms with Crippen LogP contribution < -0.4 is 5.32 Å². The summed E-state index contributed by atoms with van der Waals surface area (Å²) >= 11 is 5.59. The van der Waals surface area contributed by atoms with Crippen molar-refractivity contribution in [3.8, 4) is 6.07 Å². The van der Waals surface area contributed by atoms with Crippen LogP contribution in [0.5, 0.6) is 0 Å². The van der Waals surface area contributed by atoms with Crippen LogP contribution in [0.15, 0.2) is 18.2 Å². The third-order valence-electron chi connectivity index (χ3n) is 2.34. The number of halogens is 7. The average Bonchev–Trinajstić information content (AvgIpc) is 2.28. The van der Waals surface area contributed by atoms with E-state index in [2.05, 4.69) is 5.32 Å². The van der Waals surface area contributed by atoms with Crippen LogP contribution in [0.25, 0.3) is 0 Å². The highest BCUT2D eigenvalue weighted by Gasteiger charge is 2.39. The largest absolute Gasteiger partial charge is 0.416 e. The van der Waals surface area contributed by atoms with Crippen molar-refractivity contribution in [3.05, 3.63) is 28.8 Å². The molecule has 1 unspecified atom stereocenters. The van der Waals surface area contributed by atoms with Crippen LogP contribution in [-0.2, 0) is 6.18 Å². The molecule has 0 radical (unpaired) electrons. The standard InChI is InChI=1S/C11H7ClF6N2/c12-8-2-1-6(10(13,14)15)3-9(8)20-5-7(4-19)11(16,17)18/h1-3,7,20H,5H2. The zero-order valence-electron chi connectivity index (χ0n) is 9.61. The molecule has 0 aliphatic heterocycles. The monoisotopic (exact) mass is 316 g/mol. The molecule has 1 N–H and O–H groups in total. The molecule has 110 valence electrons. The van der Waals surface area contributed by atoms with Crippen molar-refractivity contribution in [2.45, 2.75) is 12.4 Å². The maximum atomic E-state index is 12.5. The van der Waals surface area contributed by atoms with E-state index in [0.717, 1.165) is 12.1 Å². The number of hydrogen-bond acceptors (Lipinski definition) is 2. The summed E-state index contributed by atoms with van der Waals surface area (Å²) in [5.41, 5.74) is -1.36. The van der Waals surface area contributed by atoms with E-state index in [-0.39, 0.29) is 10.7 Å². The van der Waals surface area contributed by atoms with Crippen molar-refractivity contribution < 1.29 is 26.3 Å². The third-order valence-corrected chi connectivity index (χ3v) is 2.67. The highest BCUT2D eigenvalue weighted by molar-refractivity contribution is 6.33. The summed E-state index contributed by atoms with van der Waals surface area (Å²) < 4.78 is 74.3. The molecule has 1 rings (SSSR count). The maximum Gasteiger partial charge on any atom is 0.416 e. The summed E-state index contributed by atoms with van der Waals surface area (Å²) in [7, 11) is 0. The average molecular weight is 317 g/mol. The molecule has 1 atom stereocenters. The minimum absolute atomic E-state index is 0.170. The van der Waals surface area contributed by atoms with Gasteiger partial charge in [0.1, 0.15) is 0 Å². The van der Waals surface area contributed by atoms with E-state index in [1.54, 1.807) is 0 Å². The quantitative estimate of drug-likeness (QED) is 0.835. The second-order valence-corrected chi connectivity index (χ2v) is 4.20. The summed E-state index contributed by atoms with van der Waals surface area (Å²) in [6.45, 7) is -0.888. The molecule has 0 aliphatic carbocycles. The summed E-state index contributed by atoms with van der Waals surface area (Å²) in [6.07, 6.45) is -9.41. The lowest BCUT2D eigenvalue weighted by Crippen LogP contribution is -2.28. The van der Waals surface area contributed by atoms with Gasteiger partial charge in [-0.3, -0.25) is 0 Å². The molecule has 0 saturated heterocycles. The van der Waals surface area contributed by atoms with E-state index in [9.17, 15) is 26.3 Å². The van der Waals surface area contributed by atoms with Gasteiger partial charge < -0.3 is 5.32 Å². The van der Waals surface area contributed by atoms with Crippen molar-refractivity contribution >= 4 is 17.3 Å². The molecule has 0 saturated carbocycles. The van der Waals surface area contributed by atoms with Crippen LogP contribution in [0.2, 0.25) is 5.02 Å². The van der Waals surface area contributed by atoms with E-state index in [1.165, 1.54) is 0 Å². The van der Waals surface area contributed by atoms with Gasteiger partial charge in [-0.1, -0.05) is 11.6 Å². The van der Waals surface area contributed by atoms with Crippen molar-refractivity contribution in [2.75, 3.05) is 11.9 Å². The minimum atomic E-state index is -4.77. The van der Waals surface area contributed by atoms with Gasteiger partial charge in [0, 0.05) is 6.54 Å².